The molecule has 0 saturated heterocycles. The van der Waals surface area contributed by atoms with Crippen LogP contribution in [0.2, 0.25) is 0 Å². The van der Waals surface area contributed by atoms with Gasteiger partial charge in [0.2, 0.25) is 0 Å². The van der Waals surface area contributed by atoms with E-state index in [9.17, 15) is 0 Å². The molecule has 0 nitrogen and oxygen atoms in total. The summed E-state index contributed by atoms with van der Waals surface area (Å²) in [5.41, 5.74) is 4.04. The van der Waals surface area contributed by atoms with Gasteiger partial charge >= 0.3 is 0 Å². The average molecular weight is 324 g/mol. The molecule has 1 heteroatoms. The summed E-state index contributed by atoms with van der Waals surface area (Å²) in [6.07, 6.45) is 0. The summed E-state index contributed by atoms with van der Waals surface area (Å²) in [7, 11) is 0. The first-order valence-electron chi connectivity index (χ1n) is 8.22. The number of thiophene rings is 1. The van der Waals surface area contributed by atoms with Gasteiger partial charge in [0.15, 0.2) is 0 Å². The lowest BCUT2D eigenvalue weighted by Gasteiger charge is -2.12. The van der Waals surface area contributed by atoms with Crippen LogP contribution in [-0.2, 0) is 0 Å². The Kier molecular flexibility index (Phi) is 2.97. The lowest BCUT2D eigenvalue weighted by molar-refractivity contribution is 1.50. The van der Waals surface area contributed by atoms with E-state index in [1.165, 1.54) is 47.6 Å². The Morgan fingerprint density at radius 1 is 0.625 bits per heavy atom. The average Bonchev–Trinajstić information content (AvgIpc) is 3.00. The van der Waals surface area contributed by atoms with Gasteiger partial charge in [-0.1, -0.05) is 66.7 Å². The summed E-state index contributed by atoms with van der Waals surface area (Å²) in [5, 5.41) is 5.38. The fourth-order valence-electron chi connectivity index (χ4n) is 3.72. The molecule has 0 aliphatic rings. The van der Waals surface area contributed by atoms with Gasteiger partial charge in [-0.3, -0.25) is 0 Å². The number of rotatable bonds is 1. The number of hydrogen-bond donors (Lipinski definition) is 0. The summed E-state index contributed by atoms with van der Waals surface area (Å²) in [6.45, 7) is 2.22. The van der Waals surface area contributed by atoms with Gasteiger partial charge in [-0.2, -0.15) is 0 Å². The van der Waals surface area contributed by atoms with Gasteiger partial charge in [-0.15, -0.1) is 11.3 Å². The maximum Gasteiger partial charge on any atom is 0.0361 e. The van der Waals surface area contributed by atoms with Gasteiger partial charge in [0.25, 0.3) is 0 Å². The second-order valence-corrected chi connectivity index (χ2v) is 7.34. The van der Waals surface area contributed by atoms with Crippen LogP contribution in [-0.4, -0.2) is 0 Å². The highest BCUT2D eigenvalue weighted by Gasteiger charge is 2.14. The van der Waals surface area contributed by atoms with Gasteiger partial charge in [0, 0.05) is 20.2 Å². The first kappa shape index (κ1) is 13.8. The Balaban J connectivity index is 1.99. The minimum atomic E-state index is 1.30. The predicted octanol–water partition coefficient (Wildman–Crippen LogP) is 7.18. The minimum Gasteiger partial charge on any atom is -0.135 e. The third-order valence-corrected chi connectivity index (χ3v) is 5.95. The molecule has 114 valence electrons. The van der Waals surface area contributed by atoms with E-state index >= 15 is 0 Å². The molecule has 0 aliphatic carbocycles. The van der Waals surface area contributed by atoms with Crippen molar-refractivity contribution in [1.29, 1.82) is 0 Å². The molecule has 4 aromatic carbocycles. The molecule has 5 aromatic rings. The van der Waals surface area contributed by atoms with Crippen LogP contribution >= 0.6 is 11.3 Å². The minimum absolute atomic E-state index is 1.30. The molecular weight excluding hydrogens is 308 g/mol. The van der Waals surface area contributed by atoms with Crippen molar-refractivity contribution in [3.05, 3.63) is 84.4 Å². The molecule has 0 spiro atoms. The van der Waals surface area contributed by atoms with E-state index in [2.05, 4.69) is 85.8 Å². The zero-order valence-electron chi connectivity index (χ0n) is 13.4. The molecule has 1 heterocycles. The van der Waals surface area contributed by atoms with Gasteiger partial charge in [0.05, 0.1) is 0 Å². The van der Waals surface area contributed by atoms with E-state index in [-0.39, 0.29) is 0 Å². The summed E-state index contributed by atoms with van der Waals surface area (Å²) < 4.78 is 2.72. The van der Waals surface area contributed by atoms with Crippen molar-refractivity contribution >= 4 is 42.3 Å². The zero-order valence-corrected chi connectivity index (χ0v) is 14.2. The summed E-state index contributed by atoms with van der Waals surface area (Å²) in [5.74, 6) is 0. The van der Waals surface area contributed by atoms with Crippen molar-refractivity contribution in [1.82, 2.24) is 0 Å². The normalized spacial score (nSPS) is 11.5. The second-order valence-electron chi connectivity index (χ2n) is 6.26. The molecule has 1 aromatic heterocycles. The molecule has 0 aliphatic heterocycles. The van der Waals surface area contributed by atoms with Crippen molar-refractivity contribution in [2.24, 2.45) is 0 Å². The van der Waals surface area contributed by atoms with Crippen molar-refractivity contribution < 1.29 is 0 Å². The zero-order chi connectivity index (χ0) is 16.1. The van der Waals surface area contributed by atoms with Crippen LogP contribution in [0.1, 0.15) is 5.56 Å². The van der Waals surface area contributed by atoms with Crippen molar-refractivity contribution in [3.8, 4) is 11.1 Å². The molecule has 0 bridgehead atoms. The molecule has 0 radical (unpaired) electrons. The van der Waals surface area contributed by atoms with Crippen LogP contribution in [0.5, 0.6) is 0 Å². The molecule has 0 atom stereocenters. The largest absolute Gasteiger partial charge is 0.135 e. The lowest BCUT2D eigenvalue weighted by Crippen LogP contribution is -1.87. The smallest absolute Gasteiger partial charge is 0.0361 e. The fourth-order valence-corrected chi connectivity index (χ4v) is 4.85. The molecule has 0 amide bonds. The third kappa shape index (κ3) is 1.92. The Bertz CT molecular complexity index is 1210. The Morgan fingerprint density at radius 3 is 2.29 bits per heavy atom. The van der Waals surface area contributed by atoms with Crippen molar-refractivity contribution in [3.63, 3.8) is 0 Å². The predicted molar refractivity (Wildman–Crippen MR) is 107 cm³/mol. The summed E-state index contributed by atoms with van der Waals surface area (Å²) >= 11 is 1.88. The highest BCUT2D eigenvalue weighted by atomic mass is 32.1. The van der Waals surface area contributed by atoms with E-state index in [1.807, 2.05) is 11.3 Å². The molecule has 0 fully saturated rings. The SMILES string of the molecule is Cc1ccc2ccccc2c1-c1cccc2sc3ccccc3c12. The monoisotopic (exact) mass is 324 g/mol. The van der Waals surface area contributed by atoms with E-state index in [1.54, 1.807) is 0 Å². The fraction of sp³-hybridized carbons (Fsp3) is 0.0435. The Labute approximate surface area is 145 Å². The maximum absolute atomic E-state index is 2.27. The standard InChI is InChI=1S/C23H16S/c1-15-13-14-16-7-2-3-8-17(16)22(15)19-10-6-12-21-23(19)18-9-4-5-11-20(18)24-21/h2-14H,1H3. The quantitative estimate of drug-likeness (QED) is 0.306. The number of fused-ring (bicyclic) bond motifs is 4. The summed E-state index contributed by atoms with van der Waals surface area (Å²) in [6, 6.07) is 28.6. The molecule has 0 unspecified atom stereocenters. The van der Waals surface area contributed by atoms with Crippen LogP contribution in [0.25, 0.3) is 42.1 Å². The van der Waals surface area contributed by atoms with Crippen LogP contribution in [0.3, 0.4) is 0 Å². The number of hydrogen-bond acceptors (Lipinski definition) is 1. The molecule has 5 rings (SSSR count). The highest BCUT2D eigenvalue weighted by Crippen LogP contribution is 2.42. The summed E-state index contributed by atoms with van der Waals surface area (Å²) in [4.78, 5) is 0. The van der Waals surface area contributed by atoms with Crippen LogP contribution in [0.15, 0.2) is 78.9 Å². The van der Waals surface area contributed by atoms with Gasteiger partial charge < -0.3 is 0 Å². The molecule has 0 N–H and O–H groups in total. The molecule has 24 heavy (non-hydrogen) atoms. The number of benzene rings is 4. The lowest BCUT2D eigenvalue weighted by atomic mass is 9.91. The second kappa shape index (κ2) is 5.19. The Hall–Kier alpha value is -2.64. The first-order valence-corrected chi connectivity index (χ1v) is 9.03. The Morgan fingerprint density at radius 2 is 1.38 bits per heavy atom. The van der Waals surface area contributed by atoms with Crippen LogP contribution in [0.4, 0.5) is 0 Å². The van der Waals surface area contributed by atoms with Gasteiger partial charge in [-0.25, -0.2) is 0 Å². The van der Waals surface area contributed by atoms with Gasteiger partial charge in [-0.05, 0) is 46.5 Å². The van der Waals surface area contributed by atoms with Crippen molar-refractivity contribution in [2.75, 3.05) is 0 Å². The van der Waals surface area contributed by atoms with Crippen molar-refractivity contribution in [2.45, 2.75) is 6.92 Å². The molecular formula is C23H16S. The first-order chi connectivity index (χ1) is 11.8. The van der Waals surface area contributed by atoms with E-state index < -0.39 is 0 Å². The van der Waals surface area contributed by atoms with E-state index in [0.717, 1.165) is 0 Å². The molecule has 0 saturated carbocycles. The maximum atomic E-state index is 2.27. The highest BCUT2D eigenvalue weighted by molar-refractivity contribution is 7.25. The van der Waals surface area contributed by atoms with E-state index in [0.29, 0.717) is 0 Å². The number of aryl methyl sites for hydroxylation is 1. The van der Waals surface area contributed by atoms with E-state index in [4.69, 9.17) is 0 Å². The third-order valence-electron chi connectivity index (χ3n) is 4.81. The van der Waals surface area contributed by atoms with Gasteiger partial charge in [0.1, 0.15) is 0 Å². The van der Waals surface area contributed by atoms with Crippen LogP contribution in [0, 0.1) is 6.92 Å². The van der Waals surface area contributed by atoms with Crippen LogP contribution < -0.4 is 0 Å². The topological polar surface area (TPSA) is 0 Å².